The maximum Gasteiger partial charge on any atom is 0.305 e. The largest absolute Gasteiger partial charge is 0.538 e. The lowest BCUT2D eigenvalue weighted by molar-refractivity contribution is -0.677. The van der Waals surface area contributed by atoms with Crippen LogP contribution in [-0.2, 0) is 13.6 Å². The van der Waals surface area contributed by atoms with E-state index in [-0.39, 0.29) is 5.82 Å². The van der Waals surface area contributed by atoms with E-state index in [1.165, 1.54) is 12.8 Å². The van der Waals surface area contributed by atoms with Gasteiger partial charge < -0.3 is 9.90 Å². The molecular weight excluding hydrogens is 240 g/mol. The molecule has 102 valence electrons. The van der Waals surface area contributed by atoms with Crippen LogP contribution in [-0.4, -0.2) is 10.5 Å². The highest BCUT2D eigenvalue weighted by molar-refractivity contribution is 5.84. The lowest BCUT2D eigenvalue weighted by Crippen LogP contribution is -2.44. The smallest absolute Gasteiger partial charge is 0.305 e. The summed E-state index contributed by atoms with van der Waals surface area (Å²) in [5, 5.41) is 11.3. The molecule has 1 aromatic heterocycles. The van der Waals surface area contributed by atoms with Crippen LogP contribution >= 0.6 is 0 Å². The van der Waals surface area contributed by atoms with Crippen LogP contribution in [0.5, 0.6) is 0 Å². The van der Waals surface area contributed by atoms with Crippen LogP contribution in [0.2, 0.25) is 0 Å². The highest BCUT2D eigenvalue weighted by Gasteiger charge is 2.22. The Morgan fingerprint density at radius 2 is 2.00 bits per heavy atom. The zero-order valence-corrected chi connectivity index (χ0v) is 11.6. The summed E-state index contributed by atoms with van der Waals surface area (Å²) in [4.78, 5) is 11.3. The summed E-state index contributed by atoms with van der Waals surface area (Å²) >= 11 is 0. The Kier molecular flexibility index (Phi) is 4.20. The van der Waals surface area contributed by atoms with Crippen molar-refractivity contribution in [2.75, 3.05) is 0 Å². The normalized spacial score (nSPS) is 11.1. The van der Waals surface area contributed by atoms with Crippen molar-refractivity contribution in [2.24, 2.45) is 7.05 Å². The Labute approximate surface area is 113 Å². The molecule has 0 radical (unpaired) electrons. The summed E-state index contributed by atoms with van der Waals surface area (Å²) in [6, 6.07) is 7.75. The number of benzene rings is 1. The summed E-state index contributed by atoms with van der Waals surface area (Å²) in [6.07, 6.45) is 4.48. The molecule has 0 unspecified atom stereocenters. The second-order valence-corrected chi connectivity index (χ2v) is 4.87. The van der Waals surface area contributed by atoms with E-state index in [1.807, 2.05) is 28.8 Å². The number of aromatic nitrogens is 2. The number of carboxylic acids is 1. The zero-order valence-electron chi connectivity index (χ0n) is 11.6. The third-order valence-electron chi connectivity index (χ3n) is 3.53. The van der Waals surface area contributed by atoms with Gasteiger partial charge in [-0.25, -0.2) is 9.13 Å². The highest BCUT2D eigenvalue weighted by Crippen LogP contribution is 2.13. The number of carboxylic acid groups (broad SMARTS) is 1. The Hall–Kier alpha value is -1.84. The van der Waals surface area contributed by atoms with Crippen LogP contribution in [0.4, 0.5) is 0 Å². The fraction of sp³-hybridized carbons (Fsp3) is 0.467. The van der Waals surface area contributed by atoms with E-state index in [2.05, 4.69) is 6.92 Å². The van der Waals surface area contributed by atoms with Crippen LogP contribution in [0.3, 0.4) is 0 Å². The molecular formula is C15H20N2O2. The first-order valence-electron chi connectivity index (χ1n) is 6.85. The monoisotopic (exact) mass is 260 g/mol. The van der Waals surface area contributed by atoms with Crippen LogP contribution in [0.25, 0.3) is 11.0 Å². The van der Waals surface area contributed by atoms with Gasteiger partial charge in [0.05, 0.1) is 13.6 Å². The van der Waals surface area contributed by atoms with Gasteiger partial charge in [0, 0.05) is 0 Å². The summed E-state index contributed by atoms with van der Waals surface area (Å²) < 4.78 is 3.56. The number of nitrogens with zero attached hydrogens (tertiary/aromatic N) is 2. The number of aryl methyl sites for hydroxylation is 2. The van der Waals surface area contributed by atoms with Crippen LogP contribution in [0.15, 0.2) is 24.3 Å². The second kappa shape index (κ2) is 5.87. The molecule has 2 rings (SSSR count). The van der Waals surface area contributed by atoms with Gasteiger partial charge in [-0.3, -0.25) is 0 Å². The summed E-state index contributed by atoms with van der Waals surface area (Å²) in [5.41, 5.74) is 1.89. The minimum absolute atomic E-state index is 0.248. The molecule has 0 bridgehead atoms. The van der Waals surface area contributed by atoms with Gasteiger partial charge in [-0.1, -0.05) is 31.9 Å². The summed E-state index contributed by atoms with van der Waals surface area (Å²) in [5.74, 6) is -0.869. The molecule has 0 fully saturated rings. The molecule has 2 aromatic rings. The number of carbonyl (C=O) groups excluding carboxylic acids is 1. The highest BCUT2D eigenvalue weighted by atomic mass is 16.4. The average Bonchev–Trinajstić information content (AvgIpc) is 2.69. The third kappa shape index (κ3) is 2.62. The van der Waals surface area contributed by atoms with Crippen molar-refractivity contribution in [3.05, 3.63) is 30.1 Å². The number of unbranched alkanes of at least 4 members (excludes halogenated alkanes) is 3. The average molecular weight is 260 g/mol. The van der Waals surface area contributed by atoms with Gasteiger partial charge in [0.25, 0.3) is 0 Å². The van der Waals surface area contributed by atoms with E-state index < -0.39 is 5.97 Å². The van der Waals surface area contributed by atoms with E-state index in [4.69, 9.17) is 0 Å². The molecule has 0 saturated carbocycles. The fourth-order valence-corrected chi connectivity index (χ4v) is 2.56. The molecule has 4 heteroatoms. The molecule has 0 aliphatic carbocycles. The van der Waals surface area contributed by atoms with Crippen molar-refractivity contribution in [3.63, 3.8) is 0 Å². The van der Waals surface area contributed by atoms with E-state index in [0.29, 0.717) is 0 Å². The third-order valence-corrected chi connectivity index (χ3v) is 3.53. The van der Waals surface area contributed by atoms with Crippen molar-refractivity contribution in [1.29, 1.82) is 0 Å². The first-order chi connectivity index (χ1) is 9.16. The number of fused-ring (bicyclic) bond motifs is 1. The number of aromatic carboxylic acids is 1. The van der Waals surface area contributed by atoms with Gasteiger partial charge in [0.2, 0.25) is 0 Å². The molecule has 0 saturated heterocycles. The number of carbonyl (C=O) groups is 1. The molecule has 0 aliphatic heterocycles. The minimum atomic E-state index is -1.12. The van der Waals surface area contributed by atoms with Crippen molar-refractivity contribution in [3.8, 4) is 0 Å². The van der Waals surface area contributed by atoms with Crippen molar-refractivity contribution in [1.82, 2.24) is 4.57 Å². The van der Waals surface area contributed by atoms with Gasteiger partial charge in [0.15, 0.2) is 17.0 Å². The predicted octanol–water partition coefficient (Wildman–Crippen LogP) is 1.41. The zero-order chi connectivity index (χ0) is 13.8. The molecule has 0 amide bonds. The maximum atomic E-state index is 11.3. The van der Waals surface area contributed by atoms with Gasteiger partial charge in [-0.2, -0.15) is 0 Å². The number of hydrogen-bond acceptors (Lipinski definition) is 2. The van der Waals surface area contributed by atoms with Crippen LogP contribution in [0.1, 0.15) is 43.2 Å². The molecule has 0 atom stereocenters. The van der Waals surface area contributed by atoms with E-state index in [9.17, 15) is 9.90 Å². The Morgan fingerprint density at radius 1 is 1.26 bits per heavy atom. The van der Waals surface area contributed by atoms with Crippen molar-refractivity contribution < 1.29 is 14.5 Å². The summed E-state index contributed by atoms with van der Waals surface area (Å²) in [7, 11) is 1.77. The fourth-order valence-electron chi connectivity index (χ4n) is 2.56. The van der Waals surface area contributed by atoms with Gasteiger partial charge in [0.1, 0.15) is 0 Å². The molecule has 0 aliphatic rings. The van der Waals surface area contributed by atoms with Gasteiger partial charge in [-0.15, -0.1) is 0 Å². The Balaban J connectivity index is 2.39. The first kappa shape index (κ1) is 13.6. The molecule has 4 nitrogen and oxygen atoms in total. The van der Waals surface area contributed by atoms with Crippen molar-refractivity contribution in [2.45, 2.75) is 39.2 Å². The number of imidazole rings is 1. The number of hydrogen-bond donors (Lipinski definition) is 0. The molecule has 1 heterocycles. The molecule has 1 aromatic carbocycles. The van der Waals surface area contributed by atoms with Gasteiger partial charge >= 0.3 is 5.82 Å². The Morgan fingerprint density at radius 3 is 2.68 bits per heavy atom. The first-order valence-corrected chi connectivity index (χ1v) is 6.85. The van der Waals surface area contributed by atoms with Crippen LogP contribution in [0, 0.1) is 0 Å². The van der Waals surface area contributed by atoms with Crippen LogP contribution < -0.4 is 9.67 Å². The molecule has 0 N–H and O–H groups in total. The minimum Gasteiger partial charge on any atom is -0.538 e. The van der Waals surface area contributed by atoms with E-state index in [0.717, 1.165) is 30.4 Å². The Bertz CT molecular complexity index is 587. The molecule has 0 spiro atoms. The SMILES string of the molecule is CCCCCC[n+]1c(C(=O)[O-])n(C)c2ccccc21. The maximum absolute atomic E-state index is 11.3. The number of rotatable bonds is 6. The van der Waals surface area contributed by atoms with E-state index in [1.54, 1.807) is 11.6 Å². The lowest BCUT2D eigenvalue weighted by atomic mass is 10.2. The topological polar surface area (TPSA) is 48.9 Å². The molecule has 19 heavy (non-hydrogen) atoms. The predicted molar refractivity (Wildman–Crippen MR) is 71.6 cm³/mol. The summed E-state index contributed by atoms with van der Waals surface area (Å²) in [6.45, 7) is 2.89. The quantitative estimate of drug-likeness (QED) is 0.582. The van der Waals surface area contributed by atoms with Gasteiger partial charge in [-0.05, 0) is 25.0 Å². The lowest BCUT2D eigenvalue weighted by Gasteiger charge is -2.03. The van der Waals surface area contributed by atoms with Crippen molar-refractivity contribution >= 4 is 17.0 Å². The standard InChI is InChI=1S/C15H20N2O2/c1-3-4-5-8-11-17-13-10-7-6-9-12(13)16(2)14(17)15(18)19/h6-7,9-10H,3-5,8,11H2,1-2H3. The number of para-hydroxylation sites is 2. The van der Waals surface area contributed by atoms with E-state index >= 15 is 0 Å². The second-order valence-electron chi connectivity index (χ2n) is 4.87.